The summed E-state index contributed by atoms with van der Waals surface area (Å²) < 4.78 is 5.45. The molecule has 0 atom stereocenters. The minimum absolute atomic E-state index is 0.0287. The third-order valence-electron chi connectivity index (χ3n) is 3.98. The monoisotopic (exact) mass is 285 g/mol. The number of nitrogens with zero attached hydrogens (tertiary/aromatic N) is 1. The minimum atomic E-state index is -0.368. The summed E-state index contributed by atoms with van der Waals surface area (Å²) in [6.07, 6.45) is 0. The molecule has 3 rings (SSSR count). The SMILES string of the molecule is CC1(C)COCCN1C(=O)c1cc2ccccc2cc1O. The molecule has 0 aromatic heterocycles. The maximum Gasteiger partial charge on any atom is 0.258 e. The van der Waals surface area contributed by atoms with Crippen molar-refractivity contribution < 1.29 is 14.6 Å². The van der Waals surface area contributed by atoms with Gasteiger partial charge in [0.15, 0.2) is 0 Å². The highest BCUT2D eigenvalue weighted by Gasteiger charge is 2.35. The number of aromatic hydroxyl groups is 1. The van der Waals surface area contributed by atoms with Crippen molar-refractivity contribution in [2.24, 2.45) is 0 Å². The molecule has 2 aromatic rings. The van der Waals surface area contributed by atoms with E-state index in [0.717, 1.165) is 10.8 Å². The number of amides is 1. The average molecular weight is 285 g/mol. The van der Waals surface area contributed by atoms with Gasteiger partial charge >= 0.3 is 0 Å². The first kappa shape index (κ1) is 13.9. The second-order valence-corrected chi connectivity index (χ2v) is 6.04. The van der Waals surface area contributed by atoms with Gasteiger partial charge < -0.3 is 14.7 Å². The van der Waals surface area contributed by atoms with E-state index < -0.39 is 0 Å². The molecule has 1 aliphatic rings. The predicted molar refractivity (Wildman–Crippen MR) is 81.5 cm³/mol. The van der Waals surface area contributed by atoms with Crippen LogP contribution >= 0.6 is 0 Å². The van der Waals surface area contributed by atoms with Gasteiger partial charge in [-0.1, -0.05) is 24.3 Å². The molecule has 1 saturated heterocycles. The zero-order valence-electron chi connectivity index (χ0n) is 12.3. The number of rotatable bonds is 1. The summed E-state index contributed by atoms with van der Waals surface area (Å²) in [4.78, 5) is 14.6. The molecule has 0 bridgehead atoms. The van der Waals surface area contributed by atoms with Crippen LogP contribution in [0.5, 0.6) is 5.75 Å². The molecule has 1 fully saturated rings. The van der Waals surface area contributed by atoms with Crippen LogP contribution in [0.3, 0.4) is 0 Å². The maximum atomic E-state index is 12.8. The number of phenolic OH excluding ortho intramolecular Hbond substituents is 1. The van der Waals surface area contributed by atoms with Gasteiger partial charge in [0.05, 0.1) is 24.3 Å². The van der Waals surface area contributed by atoms with Crippen LogP contribution in [0.15, 0.2) is 36.4 Å². The van der Waals surface area contributed by atoms with Crippen molar-refractivity contribution in [2.45, 2.75) is 19.4 Å². The second-order valence-electron chi connectivity index (χ2n) is 6.04. The normalized spacial score (nSPS) is 17.9. The summed E-state index contributed by atoms with van der Waals surface area (Å²) in [5.41, 5.74) is -0.0170. The lowest BCUT2D eigenvalue weighted by Gasteiger charge is -2.42. The molecule has 2 aromatic carbocycles. The number of benzene rings is 2. The highest BCUT2D eigenvalue weighted by Crippen LogP contribution is 2.29. The summed E-state index contributed by atoms with van der Waals surface area (Å²) in [6.45, 7) is 5.53. The molecular formula is C17H19NO3. The second kappa shape index (κ2) is 5.04. The maximum absolute atomic E-state index is 12.8. The van der Waals surface area contributed by atoms with Crippen molar-refractivity contribution in [3.63, 3.8) is 0 Å². The molecular weight excluding hydrogens is 266 g/mol. The highest BCUT2D eigenvalue weighted by molar-refractivity contribution is 6.01. The number of hydrogen-bond acceptors (Lipinski definition) is 3. The lowest BCUT2D eigenvalue weighted by Crippen LogP contribution is -2.55. The molecule has 110 valence electrons. The van der Waals surface area contributed by atoms with E-state index in [1.807, 2.05) is 38.1 Å². The summed E-state index contributed by atoms with van der Waals surface area (Å²) in [5.74, 6) is -0.118. The van der Waals surface area contributed by atoms with E-state index in [-0.39, 0.29) is 17.2 Å². The molecule has 0 saturated carbocycles. The van der Waals surface area contributed by atoms with E-state index in [0.29, 0.717) is 25.3 Å². The number of phenols is 1. The first-order valence-electron chi connectivity index (χ1n) is 7.10. The fourth-order valence-corrected chi connectivity index (χ4v) is 2.78. The van der Waals surface area contributed by atoms with E-state index in [9.17, 15) is 9.90 Å². The summed E-state index contributed by atoms with van der Waals surface area (Å²) >= 11 is 0. The van der Waals surface area contributed by atoms with Crippen LogP contribution in [0, 0.1) is 0 Å². The van der Waals surface area contributed by atoms with Crippen LogP contribution in [0.25, 0.3) is 10.8 Å². The number of carbonyl (C=O) groups is 1. The summed E-state index contributed by atoms with van der Waals surface area (Å²) in [7, 11) is 0. The smallest absolute Gasteiger partial charge is 0.258 e. The Kier molecular flexibility index (Phi) is 3.33. The van der Waals surface area contributed by atoms with Crippen LogP contribution in [-0.4, -0.2) is 41.2 Å². The van der Waals surface area contributed by atoms with Gasteiger partial charge in [-0.15, -0.1) is 0 Å². The molecule has 4 heteroatoms. The molecule has 4 nitrogen and oxygen atoms in total. The molecule has 1 N–H and O–H groups in total. The van der Waals surface area contributed by atoms with Gasteiger partial charge in [0, 0.05) is 6.54 Å². The minimum Gasteiger partial charge on any atom is -0.507 e. The van der Waals surface area contributed by atoms with E-state index >= 15 is 0 Å². The largest absolute Gasteiger partial charge is 0.507 e. The van der Waals surface area contributed by atoms with Gasteiger partial charge in [0.1, 0.15) is 5.75 Å². The Hall–Kier alpha value is -2.07. The third kappa shape index (κ3) is 2.47. The van der Waals surface area contributed by atoms with Crippen LogP contribution in [-0.2, 0) is 4.74 Å². The van der Waals surface area contributed by atoms with Gasteiger partial charge in [0.25, 0.3) is 5.91 Å². The van der Waals surface area contributed by atoms with Crippen molar-refractivity contribution in [3.8, 4) is 5.75 Å². The number of carbonyl (C=O) groups excluding carboxylic acids is 1. The van der Waals surface area contributed by atoms with Crippen LogP contribution in [0.2, 0.25) is 0 Å². The van der Waals surface area contributed by atoms with Gasteiger partial charge in [-0.05, 0) is 36.8 Å². The summed E-state index contributed by atoms with van der Waals surface area (Å²) in [5, 5.41) is 12.1. The molecule has 0 unspecified atom stereocenters. The number of ether oxygens (including phenoxy) is 1. The van der Waals surface area contributed by atoms with Gasteiger partial charge in [-0.3, -0.25) is 4.79 Å². The zero-order valence-corrected chi connectivity index (χ0v) is 12.3. The lowest BCUT2D eigenvalue weighted by atomic mass is 9.99. The molecule has 1 amide bonds. The van der Waals surface area contributed by atoms with Gasteiger partial charge in [0.2, 0.25) is 0 Å². The molecule has 0 radical (unpaired) electrons. The topological polar surface area (TPSA) is 49.8 Å². The zero-order chi connectivity index (χ0) is 15.0. The number of fused-ring (bicyclic) bond motifs is 1. The number of morpholine rings is 1. The quantitative estimate of drug-likeness (QED) is 0.876. The molecule has 0 aliphatic carbocycles. The van der Waals surface area contributed by atoms with Crippen molar-refractivity contribution in [2.75, 3.05) is 19.8 Å². The molecule has 1 heterocycles. The third-order valence-corrected chi connectivity index (χ3v) is 3.98. The Labute approximate surface area is 123 Å². The Morgan fingerprint density at radius 1 is 1.24 bits per heavy atom. The van der Waals surface area contributed by atoms with Crippen molar-refractivity contribution in [3.05, 3.63) is 42.0 Å². The number of hydrogen-bond donors (Lipinski definition) is 1. The average Bonchev–Trinajstić information content (AvgIpc) is 2.45. The van der Waals surface area contributed by atoms with Crippen molar-refractivity contribution in [1.29, 1.82) is 0 Å². The van der Waals surface area contributed by atoms with E-state index in [2.05, 4.69) is 0 Å². The van der Waals surface area contributed by atoms with Crippen LogP contribution in [0.4, 0.5) is 0 Å². The van der Waals surface area contributed by atoms with Crippen LogP contribution < -0.4 is 0 Å². The summed E-state index contributed by atoms with van der Waals surface area (Å²) in [6, 6.07) is 11.1. The molecule has 21 heavy (non-hydrogen) atoms. The molecule has 0 spiro atoms. The lowest BCUT2D eigenvalue weighted by molar-refractivity contribution is -0.0371. The first-order valence-corrected chi connectivity index (χ1v) is 7.10. The Morgan fingerprint density at radius 3 is 2.57 bits per heavy atom. The van der Waals surface area contributed by atoms with Crippen molar-refractivity contribution in [1.82, 2.24) is 4.90 Å². The fourth-order valence-electron chi connectivity index (χ4n) is 2.78. The van der Waals surface area contributed by atoms with E-state index in [1.54, 1.807) is 17.0 Å². The standard InChI is InChI=1S/C17H19NO3/c1-17(2)11-21-8-7-18(17)16(20)14-9-12-5-3-4-6-13(12)10-15(14)19/h3-6,9-10,19H,7-8,11H2,1-2H3. The Balaban J connectivity index is 2.03. The van der Waals surface area contributed by atoms with Crippen molar-refractivity contribution >= 4 is 16.7 Å². The fraction of sp³-hybridized carbons (Fsp3) is 0.353. The Bertz CT molecular complexity index is 693. The van der Waals surface area contributed by atoms with Gasteiger partial charge in [-0.2, -0.15) is 0 Å². The van der Waals surface area contributed by atoms with E-state index in [1.165, 1.54) is 0 Å². The first-order chi connectivity index (χ1) is 9.99. The van der Waals surface area contributed by atoms with Gasteiger partial charge in [-0.25, -0.2) is 0 Å². The van der Waals surface area contributed by atoms with E-state index in [4.69, 9.17) is 4.74 Å². The van der Waals surface area contributed by atoms with Crippen LogP contribution in [0.1, 0.15) is 24.2 Å². The predicted octanol–water partition coefficient (Wildman–Crippen LogP) is 2.80. The molecule has 1 aliphatic heterocycles. The highest BCUT2D eigenvalue weighted by atomic mass is 16.5. The Morgan fingerprint density at radius 2 is 1.90 bits per heavy atom.